The second-order valence-electron chi connectivity index (χ2n) is 3.92. The third-order valence-corrected chi connectivity index (χ3v) is 2.89. The molecule has 2 heterocycles. The molecule has 0 radical (unpaired) electrons. The molecule has 0 aliphatic carbocycles. The van der Waals surface area contributed by atoms with E-state index in [0.717, 1.165) is 0 Å². The summed E-state index contributed by atoms with van der Waals surface area (Å²) in [6, 6.07) is 11.9. The van der Waals surface area contributed by atoms with Crippen molar-refractivity contribution in [2.45, 2.75) is 0 Å². The maximum absolute atomic E-state index is 9.36. The third-order valence-electron chi connectivity index (χ3n) is 2.89. The van der Waals surface area contributed by atoms with Crippen LogP contribution in [0.2, 0.25) is 0 Å². The Morgan fingerprint density at radius 2 is 1.13 bits per heavy atom. The Hall–Kier alpha value is -3.25. The van der Waals surface area contributed by atoms with E-state index >= 15 is 0 Å². The summed E-state index contributed by atoms with van der Waals surface area (Å²) in [6.07, 6.45) is 2.89. The van der Waals surface area contributed by atoms with Crippen LogP contribution in [0.3, 0.4) is 0 Å². The molecule has 2 rings (SSSR count). The molecule has 0 aromatic carbocycles. The first-order valence-electron chi connectivity index (χ1n) is 5.80. The number of hydrogen-bond acceptors (Lipinski definition) is 6. The van der Waals surface area contributed by atoms with Gasteiger partial charge in [-0.2, -0.15) is 26.3 Å². The van der Waals surface area contributed by atoms with Gasteiger partial charge < -0.3 is 0 Å². The van der Waals surface area contributed by atoms with E-state index < -0.39 is 0 Å². The van der Waals surface area contributed by atoms with E-state index in [2.05, 4.69) is 4.98 Å². The first-order valence-corrected chi connectivity index (χ1v) is 5.80. The van der Waals surface area contributed by atoms with Gasteiger partial charge in [0.1, 0.15) is 23.8 Å². The molecule has 23 heavy (non-hydrogen) atoms. The molecule has 0 atom stereocenters. The van der Waals surface area contributed by atoms with Gasteiger partial charge in [0.15, 0.2) is 23.3 Å². The third kappa shape index (κ3) is 2.88. The van der Waals surface area contributed by atoms with Crippen molar-refractivity contribution in [1.29, 1.82) is 26.3 Å². The molecule has 0 bridgehead atoms. The summed E-state index contributed by atoms with van der Waals surface area (Å²) in [7, 11) is 0. The monoisotopic (exact) mass is 306 g/mol. The van der Waals surface area contributed by atoms with Gasteiger partial charge in [-0.05, 0) is 0 Å². The Kier molecular flexibility index (Phi) is 5.94. The van der Waals surface area contributed by atoms with Crippen molar-refractivity contribution in [3.8, 4) is 36.0 Å². The van der Waals surface area contributed by atoms with Crippen LogP contribution >= 0.6 is 0 Å². The van der Waals surface area contributed by atoms with Crippen LogP contribution in [0.15, 0.2) is 24.5 Å². The Labute approximate surface area is 153 Å². The number of pyridine rings is 2. The summed E-state index contributed by atoms with van der Waals surface area (Å²) in [4.78, 5) is 3.84. The zero-order valence-electron chi connectivity index (χ0n) is 10.9. The molecule has 0 unspecified atom stereocenters. The van der Waals surface area contributed by atoms with Crippen molar-refractivity contribution >= 4 is 29.6 Å². The average Bonchev–Trinajstić information content (AvgIpc) is 2.59. The molecule has 2 aromatic rings. The molecule has 0 N–H and O–H groups in total. The summed E-state index contributed by atoms with van der Waals surface area (Å²) in [5, 5.41) is 46.4. The Bertz CT molecular complexity index is 924. The molecule has 7 nitrogen and oxygen atoms in total. The topological polar surface area (TPSA) is 136 Å². The fourth-order valence-corrected chi connectivity index (χ4v) is 1.99. The molecule has 8 heteroatoms. The van der Waals surface area contributed by atoms with Gasteiger partial charge >= 0.3 is 40.9 Å². The zero-order valence-corrected chi connectivity index (χ0v) is 10.9. The van der Waals surface area contributed by atoms with Gasteiger partial charge in [-0.15, -0.1) is 4.57 Å². The van der Waals surface area contributed by atoms with E-state index in [-0.39, 0.29) is 57.6 Å². The molecule has 0 saturated carbocycles. The fraction of sp³-hybridized carbons (Fsp3) is 0. The predicted octanol–water partition coefficient (Wildman–Crippen LogP) is 0.0682. The van der Waals surface area contributed by atoms with Crippen LogP contribution in [0.4, 0.5) is 0 Å². The minimum absolute atomic E-state index is 0. The molecule has 0 amide bonds. The Morgan fingerprint density at radius 1 is 0.696 bits per heavy atom. The van der Waals surface area contributed by atoms with E-state index in [1.165, 1.54) is 29.1 Å². The molecule has 2 aromatic heterocycles. The van der Waals surface area contributed by atoms with E-state index in [9.17, 15) is 26.3 Å². The van der Waals surface area contributed by atoms with Crippen molar-refractivity contribution in [3.05, 3.63) is 52.6 Å². The SMILES string of the molecule is N#Cc1c(C#N)c(C#N)[n+](-c2ccncc2)c(C#N)c1C#N.[NaH]. The van der Waals surface area contributed by atoms with E-state index in [1.807, 2.05) is 12.1 Å². The Morgan fingerprint density at radius 3 is 1.48 bits per heavy atom. The van der Waals surface area contributed by atoms with Crippen molar-refractivity contribution in [3.63, 3.8) is 0 Å². The van der Waals surface area contributed by atoms with Gasteiger partial charge in [0.25, 0.3) is 0 Å². The first kappa shape index (κ1) is 17.8. The number of nitrogens with zero attached hydrogens (tertiary/aromatic N) is 7. The number of aromatic nitrogens is 2. The molecule has 0 fully saturated rings. The van der Waals surface area contributed by atoms with Crippen LogP contribution in [0, 0.1) is 56.7 Å². The van der Waals surface area contributed by atoms with Crippen LogP contribution in [0.1, 0.15) is 28.1 Å². The molecule has 100 valence electrons. The summed E-state index contributed by atoms with van der Waals surface area (Å²) >= 11 is 0. The van der Waals surface area contributed by atoms with E-state index in [1.54, 1.807) is 18.2 Å². The van der Waals surface area contributed by atoms with Crippen LogP contribution < -0.4 is 4.57 Å². The van der Waals surface area contributed by atoms with Gasteiger partial charge in [0.2, 0.25) is 5.69 Å². The zero-order chi connectivity index (χ0) is 16.1. The van der Waals surface area contributed by atoms with Crippen LogP contribution in [0.5, 0.6) is 0 Å². The van der Waals surface area contributed by atoms with Gasteiger partial charge in [0.05, 0.1) is 0 Å². The summed E-state index contributed by atoms with van der Waals surface area (Å²) in [6.45, 7) is 0. The molecule has 0 saturated heterocycles. The van der Waals surface area contributed by atoms with Gasteiger partial charge in [-0.3, -0.25) is 4.98 Å². The van der Waals surface area contributed by atoms with Crippen molar-refractivity contribution in [1.82, 2.24) is 4.98 Å². The van der Waals surface area contributed by atoms with Gasteiger partial charge in [-0.1, -0.05) is 0 Å². The molecular formula is C15H5N7Na+. The number of rotatable bonds is 1. The molecule has 0 aliphatic rings. The number of hydrogen-bond donors (Lipinski definition) is 0. The second kappa shape index (κ2) is 7.67. The molecule has 0 aliphatic heterocycles. The fourth-order valence-electron chi connectivity index (χ4n) is 1.99. The first-order chi connectivity index (χ1) is 10.7. The summed E-state index contributed by atoms with van der Waals surface area (Å²) < 4.78 is 1.18. The molecular weight excluding hydrogens is 301 g/mol. The van der Waals surface area contributed by atoms with Crippen LogP contribution in [-0.4, -0.2) is 34.5 Å². The number of nitriles is 5. The van der Waals surface area contributed by atoms with Crippen molar-refractivity contribution in [2.75, 3.05) is 0 Å². The standard InChI is InChI=1S/C15H4N7.Na.H/c16-5-11-12(6-17)14(8-19)22(10-1-3-21-4-2-10)15(9-20)13(11)7-18;;/h1-4H;;/q+1;;. The van der Waals surface area contributed by atoms with Gasteiger partial charge in [-0.25, -0.2) is 0 Å². The quantitative estimate of drug-likeness (QED) is 0.540. The minimum atomic E-state index is -0.275. The van der Waals surface area contributed by atoms with E-state index in [0.29, 0.717) is 5.69 Å². The van der Waals surface area contributed by atoms with Crippen molar-refractivity contribution in [2.24, 2.45) is 0 Å². The predicted molar refractivity (Wildman–Crippen MR) is 76.5 cm³/mol. The second-order valence-corrected chi connectivity index (χ2v) is 3.92. The normalized spacial score (nSPS) is 8.30. The van der Waals surface area contributed by atoms with Crippen LogP contribution in [0.25, 0.3) is 5.69 Å². The Balaban J connectivity index is 0.00000264. The summed E-state index contributed by atoms with van der Waals surface area (Å²) in [5.41, 5.74) is -0.722. The average molecular weight is 306 g/mol. The van der Waals surface area contributed by atoms with Gasteiger partial charge in [0, 0.05) is 24.5 Å². The van der Waals surface area contributed by atoms with Crippen LogP contribution in [-0.2, 0) is 0 Å². The van der Waals surface area contributed by atoms with E-state index in [4.69, 9.17) is 0 Å². The van der Waals surface area contributed by atoms with Crippen molar-refractivity contribution < 1.29 is 4.57 Å². The molecule has 0 spiro atoms. The maximum atomic E-state index is 9.36. The summed E-state index contributed by atoms with van der Waals surface area (Å²) in [5.74, 6) is 0.